The fourth-order valence-electron chi connectivity index (χ4n) is 7.27. The average molecular weight is 458 g/mol. The van der Waals surface area contributed by atoms with Crippen molar-refractivity contribution in [3.8, 4) is 11.5 Å². The van der Waals surface area contributed by atoms with E-state index in [1.165, 1.54) is 35.1 Å². The second kappa shape index (κ2) is 8.20. The summed E-state index contributed by atoms with van der Waals surface area (Å²) < 4.78 is 0. The number of carbonyl (C=O) groups is 3. The topological polar surface area (TPSA) is 130 Å². The quantitative estimate of drug-likeness (QED) is 0.216. The van der Waals surface area contributed by atoms with Crippen LogP contribution in [0, 0.1) is 17.8 Å². The first kappa shape index (κ1) is 22.0. The lowest BCUT2D eigenvalue weighted by Gasteiger charge is -2.58. The first-order valence-electron chi connectivity index (χ1n) is 11.9. The molecular formula is C24H31N3O6. The molecule has 33 heavy (non-hydrogen) atoms. The lowest BCUT2D eigenvalue weighted by atomic mass is 9.52. The average Bonchev–Trinajstić information content (AvgIpc) is 3.00. The van der Waals surface area contributed by atoms with E-state index < -0.39 is 17.5 Å². The van der Waals surface area contributed by atoms with Crippen molar-refractivity contribution in [3.05, 3.63) is 23.8 Å². The number of aromatic hydroxyl groups is 2. The van der Waals surface area contributed by atoms with Crippen molar-refractivity contribution in [2.75, 3.05) is 0 Å². The molecule has 1 atom stereocenters. The Kier molecular flexibility index (Phi) is 5.47. The molecule has 178 valence electrons. The molecule has 9 nitrogen and oxygen atoms in total. The van der Waals surface area contributed by atoms with E-state index in [9.17, 15) is 24.6 Å². The zero-order valence-corrected chi connectivity index (χ0v) is 18.6. The number of nitrogens with zero attached hydrogens (tertiary/aromatic N) is 2. The van der Waals surface area contributed by atoms with Gasteiger partial charge in [0.1, 0.15) is 6.04 Å². The van der Waals surface area contributed by atoms with Crippen LogP contribution in [-0.4, -0.2) is 54.6 Å². The number of imide groups is 1. The molecule has 0 radical (unpaired) electrons. The van der Waals surface area contributed by atoms with Gasteiger partial charge in [0, 0.05) is 12.0 Å². The van der Waals surface area contributed by atoms with E-state index in [-0.39, 0.29) is 42.8 Å². The van der Waals surface area contributed by atoms with Gasteiger partial charge >= 0.3 is 6.03 Å². The maximum atomic E-state index is 13.8. The number of urea groups is 1. The summed E-state index contributed by atoms with van der Waals surface area (Å²) in [4.78, 5) is 42.0. The number of amides is 4. The highest BCUT2D eigenvalue weighted by Gasteiger charge is 2.60. The van der Waals surface area contributed by atoms with E-state index in [1.54, 1.807) is 17.6 Å². The number of phenols is 2. The zero-order chi connectivity index (χ0) is 23.3. The summed E-state index contributed by atoms with van der Waals surface area (Å²) in [5.41, 5.74) is 1.53. The van der Waals surface area contributed by atoms with Gasteiger partial charge in [0.05, 0.1) is 12.1 Å². The largest absolute Gasteiger partial charge is 0.504 e. The van der Waals surface area contributed by atoms with E-state index in [2.05, 4.69) is 0 Å². The summed E-state index contributed by atoms with van der Waals surface area (Å²) in [5, 5.41) is 29.0. The molecule has 1 aromatic rings. The molecule has 1 saturated heterocycles. The minimum absolute atomic E-state index is 0.00939. The van der Waals surface area contributed by atoms with Crippen molar-refractivity contribution in [1.29, 1.82) is 0 Å². The summed E-state index contributed by atoms with van der Waals surface area (Å²) in [6, 6.07) is 3.48. The summed E-state index contributed by atoms with van der Waals surface area (Å²) in [6.45, 7) is -0.00939. The van der Waals surface area contributed by atoms with Gasteiger partial charge in [-0.3, -0.25) is 19.7 Å². The maximum absolute atomic E-state index is 13.8. The molecule has 4 amide bonds. The minimum Gasteiger partial charge on any atom is -0.504 e. The van der Waals surface area contributed by atoms with Crippen molar-refractivity contribution in [1.82, 2.24) is 15.3 Å². The van der Waals surface area contributed by atoms with Gasteiger partial charge < -0.3 is 15.1 Å². The third-order valence-corrected chi connectivity index (χ3v) is 8.24. The first-order valence-corrected chi connectivity index (χ1v) is 11.9. The Balaban J connectivity index is 1.44. The second-order valence-corrected chi connectivity index (χ2v) is 10.5. The van der Waals surface area contributed by atoms with Crippen molar-refractivity contribution in [3.63, 3.8) is 0 Å². The number of hydrogen-bond acceptors (Lipinski definition) is 6. The van der Waals surface area contributed by atoms with Crippen LogP contribution >= 0.6 is 0 Å². The van der Waals surface area contributed by atoms with Crippen LogP contribution in [0.25, 0.3) is 0 Å². The summed E-state index contributed by atoms with van der Waals surface area (Å²) >= 11 is 0. The molecule has 1 heterocycles. The van der Waals surface area contributed by atoms with Crippen LogP contribution < -0.4 is 5.48 Å². The molecule has 4 bridgehead atoms. The van der Waals surface area contributed by atoms with Crippen molar-refractivity contribution >= 4 is 17.8 Å². The molecule has 5 aliphatic rings. The van der Waals surface area contributed by atoms with Crippen LogP contribution in [-0.2, 0) is 16.1 Å². The molecule has 1 aliphatic heterocycles. The Morgan fingerprint density at radius 2 is 1.70 bits per heavy atom. The maximum Gasteiger partial charge on any atom is 0.328 e. The fourth-order valence-corrected chi connectivity index (χ4v) is 7.27. The number of phenolic OH excluding ortho intramolecular Hbond substituents is 2. The van der Waals surface area contributed by atoms with Crippen LogP contribution in [0.1, 0.15) is 63.4 Å². The van der Waals surface area contributed by atoms with Crippen molar-refractivity contribution < 1.29 is 29.8 Å². The molecule has 6 rings (SSSR count). The highest BCUT2D eigenvalue weighted by Crippen LogP contribution is 2.58. The highest BCUT2D eigenvalue weighted by molar-refractivity contribution is 6.05. The number of para-hydroxylation sites is 1. The Labute approximate surface area is 192 Å². The molecular weight excluding hydrogens is 426 g/mol. The van der Waals surface area contributed by atoms with Gasteiger partial charge in [0.25, 0.3) is 5.91 Å². The molecule has 0 aromatic heterocycles. The van der Waals surface area contributed by atoms with E-state index in [1.807, 2.05) is 0 Å². The third-order valence-electron chi connectivity index (χ3n) is 8.24. The standard InChI is InChI=1S/C24H31N3O6/c28-19-5-1-3-17(21(19)30)13-26-18(4-2-6-20(29)25-33)22(31)27(23(26)32)24-10-14-7-15(11-24)9-16(8-14)12-24/h1,3,5,14-16,18,28,30,33H,2,4,6-13H2,(H,25,29). The summed E-state index contributed by atoms with van der Waals surface area (Å²) in [7, 11) is 0. The number of carbonyl (C=O) groups excluding carboxylic acids is 3. The van der Waals surface area contributed by atoms with E-state index in [4.69, 9.17) is 5.21 Å². The van der Waals surface area contributed by atoms with Crippen molar-refractivity contribution in [2.24, 2.45) is 17.8 Å². The normalized spacial score (nSPS) is 32.6. The lowest BCUT2D eigenvalue weighted by molar-refractivity contribution is -0.141. The van der Waals surface area contributed by atoms with Gasteiger partial charge in [-0.05, 0) is 75.2 Å². The van der Waals surface area contributed by atoms with E-state index in [0.717, 1.165) is 19.3 Å². The number of hydrogen-bond donors (Lipinski definition) is 4. The monoisotopic (exact) mass is 457 g/mol. The smallest absolute Gasteiger partial charge is 0.328 e. The minimum atomic E-state index is -0.751. The van der Waals surface area contributed by atoms with Gasteiger partial charge in [-0.15, -0.1) is 0 Å². The van der Waals surface area contributed by atoms with Gasteiger partial charge in [-0.2, -0.15) is 0 Å². The summed E-state index contributed by atoms with van der Waals surface area (Å²) in [5.74, 6) is 0.338. The number of hydroxylamine groups is 1. The number of benzene rings is 1. The Bertz CT molecular complexity index is 944. The van der Waals surface area contributed by atoms with Crippen LogP contribution in [0.3, 0.4) is 0 Å². The zero-order valence-electron chi connectivity index (χ0n) is 18.6. The Hall–Kier alpha value is -2.81. The van der Waals surface area contributed by atoms with Gasteiger partial charge in [-0.25, -0.2) is 10.3 Å². The Morgan fingerprint density at radius 3 is 2.30 bits per heavy atom. The predicted molar refractivity (Wildman–Crippen MR) is 116 cm³/mol. The fraction of sp³-hybridized carbons (Fsp3) is 0.625. The van der Waals surface area contributed by atoms with Gasteiger partial charge in [-0.1, -0.05) is 12.1 Å². The number of rotatable bonds is 7. The molecule has 4 N–H and O–H groups in total. The van der Waals surface area contributed by atoms with Crippen LogP contribution in [0.5, 0.6) is 11.5 Å². The van der Waals surface area contributed by atoms with Gasteiger partial charge in [0.2, 0.25) is 5.91 Å². The van der Waals surface area contributed by atoms with Crippen LogP contribution in [0.4, 0.5) is 4.79 Å². The lowest BCUT2D eigenvalue weighted by Crippen LogP contribution is -2.62. The Morgan fingerprint density at radius 1 is 1.06 bits per heavy atom. The SMILES string of the molecule is O=C(CCCC1C(=O)N(C23CC4CC(CC(C4)C2)C3)C(=O)N1Cc1cccc(O)c1O)NO. The molecule has 9 heteroatoms. The second-order valence-electron chi connectivity index (χ2n) is 10.5. The molecule has 4 aliphatic carbocycles. The third kappa shape index (κ3) is 3.72. The molecule has 1 unspecified atom stereocenters. The first-order chi connectivity index (χ1) is 15.8. The molecule has 5 fully saturated rings. The predicted octanol–water partition coefficient (Wildman–Crippen LogP) is 2.88. The molecule has 1 aromatic carbocycles. The van der Waals surface area contributed by atoms with Crippen LogP contribution in [0.15, 0.2) is 18.2 Å². The van der Waals surface area contributed by atoms with Crippen LogP contribution in [0.2, 0.25) is 0 Å². The summed E-state index contributed by atoms with van der Waals surface area (Å²) in [6.07, 6.45) is 6.80. The number of nitrogens with one attached hydrogen (secondary N) is 1. The molecule has 4 saturated carbocycles. The molecule has 0 spiro atoms. The highest BCUT2D eigenvalue weighted by atomic mass is 16.5. The van der Waals surface area contributed by atoms with E-state index in [0.29, 0.717) is 29.7 Å². The van der Waals surface area contributed by atoms with E-state index >= 15 is 0 Å². The van der Waals surface area contributed by atoms with Crippen molar-refractivity contribution in [2.45, 2.75) is 75.9 Å². The van der Waals surface area contributed by atoms with Gasteiger partial charge in [0.15, 0.2) is 11.5 Å².